The number of benzene rings is 1. The Bertz CT molecular complexity index is 605. The van der Waals surface area contributed by atoms with Crippen molar-refractivity contribution in [3.8, 4) is 0 Å². The lowest BCUT2D eigenvalue weighted by Crippen LogP contribution is -2.37. The predicted octanol–water partition coefficient (Wildman–Crippen LogP) is 3.08. The minimum Gasteiger partial charge on any atom is -0.356 e. The van der Waals surface area contributed by atoms with Gasteiger partial charge < -0.3 is 10.6 Å². The van der Waals surface area contributed by atoms with Gasteiger partial charge in [-0.3, -0.25) is 4.99 Å². The number of aromatic nitrogens is 1. The Hall–Kier alpha value is -1.53. The third-order valence-corrected chi connectivity index (χ3v) is 4.75. The highest BCUT2D eigenvalue weighted by molar-refractivity contribution is 7.98. The normalized spacial score (nSPS) is 11.5. The smallest absolute Gasteiger partial charge is 0.191 e. The molecule has 0 atom stereocenters. The number of thiazole rings is 1. The molecule has 6 heteroatoms. The summed E-state index contributed by atoms with van der Waals surface area (Å²) in [5.74, 6) is 0.820. The fourth-order valence-corrected chi connectivity index (χ4v) is 3.04. The number of aryl methyl sites for hydroxylation is 1. The van der Waals surface area contributed by atoms with Crippen LogP contribution in [-0.4, -0.2) is 30.8 Å². The molecule has 2 rings (SSSR count). The molecule has 0 saturated heterocycles. The van der Waals surface area contributed by atoms with Crippen LogP contribution >= 0.6 is 23.1 Å². The van der Waals surface area contributed by atoms with E-state index in [2.05, 4.69) is 56.5 Å². The van der Waals surface area contributed by atoms with E-state index in [0.29, 0.717) is 0 Å². The minimum atomic E-state index is 0.768. The first-order valence-electron chi connectivity index (χ1n) is 7.19. The van der Waals surface area contributed by atoms with E-state index in [1.165, 1.54) is 10.5 Å². The SMILES string of the molecule is CN=C(NCCc1csc(C)n1)NCc1ccc(SC)cc1. The van der Waals surface area contributed by atoms with Gasteiger partial charge in [0.05, 0.1) is 10.7 Å². The highest BCUT2D eigenvalue weighted by Crippen LogP contribution is 2.14. The molecular weight excluding hydrogens is 312 g/mol. The van der Waals surface area contributed by atoms with Crippen LogP contribution in [0.4, 0.5) is 0 Å². The van der Waals surface area contributed by atoms with Gasteiger partial charge in [0.15, 0.2) is 5.96 Å². The molecular formula is C16H22N4S2. The summed E-state index contributed by atoms with van der Waals surface area (Å²) in [4.78, 5) is 9.99. The summed E-state index contributed by atoms with van der Waals surface area (Å²) in [5.41, 5.74) is 2.38. The van der Waals surface area contributed by atoms with Gasteiger partial charge in [0.1, 0.15) is 0 Å². The van der Waals surface area contributed by atoms with Gasteiger partial charge in [-0.05, 0) is 30.9 Å². The predicted molar refractivity (Wildman–Crippen MR) is 97.0 cm³/mol. The summed E-state index contributed by atoms with van der Waals surface area (Å²) in [6, 6.07) is 8.57. The molecule has 2 aromatic rings. The van der Waals surface area contributed by atoms with Crippen molar-refractivity contribution < 1.29 is 0 Å². The zero-order valence-corrected chi connectivity index (χ0v) is 14.9. The number of guanidine groups is 1. The van der Waals surface area contributed by atoms with Crippen LogP contribution in [0.2, 0.25) is 0 Å². The van der Waals surface area contributed by atoms with E-state index in [4.69, 9.17) is 0 Å². The van der Waals surface area contributed by atoms with Crippen molar-refractivity contribution in [2.75, 3.05) is 19.8 Å². The molecule has 0 spiro atoms. The fraction of sp³-hybridized carbons (Fsp3) is 0.375. The molecule has 118 valence electrons. The summed E-state index contributed by atoms with van der Waals surface area (Å²) in [7, 11) is 1.79. The van der Waals surface area contributed by atoms with Crippen LogP contribution in [0.3, 0.4) is 0 Å². The van der Waals surface area contributed by atoms with Crippen LogP contribution in [0.15, 0.2) is 39.5 Å². The highest BCUT2D eigenvalue weighted by atomic mass is 32.2. The molecule has 4 nitrogen and oxygen atoms in total. The second-order valence-electron chi connectivity index (χ2n) is 4.81. The van der Waals surface area contributed by atoms with Gasteiger partial charge in [0, 0.05) is 36.8 Å². The fourth-order valence-electron chi connectivity index (χ4n) is 1.98. The molecule has 1 aromatic heterocycles. The average molecular weight is 335 g/mol. The molecule has 0 aliphatic heterocycles. The van der Waals surface area contributed by atoms with Crippen molar-refractivity contribution >= 4 is 29.1 Å². The molecule has 22 heavy (non-hydrogen) atoms. The van der Waals surface area contributed by atoms with Crippen LogP contribution < -0.4 is 10.6 Å². The summed E-state index contributed by atoms with van der Waals surface area (Å²) in [5, 5.41) is 9.88. The van der Waals surface area contributed by atoms with Crippen molar-refractivity contribution in [3.05, 3.63) is 45.9 Å². The Morgan fingerprint density at radius 1 is 1.27 bits per heavy atom. The van der Waals surface area contributed by atoms with E-state index in [1.807, 2.05) is 6.92 Å². The number of rotatable bonds is 6. The van der Waals surface area contributed by atoms with Crippen molar-refractivity contribution in [2.24, 2.45) is 4.99 Å². The van der Waals surface area contributed by atoms with Crippen molar-refractivity contribution in [2.45, 2.75) is 24.8 Å². The lowest BCUT2D eigenvalue weighted by atomic mass is 10.2. The molecule has 0 unspecified atom stereocenters. The maximum Gasteiger partial charge on any atom is 0.191 e. The van der Waals surface area contributed by atoms with Gasteiger partial charge in [-0.25, -0.2) is 4.98 Å². The first-order valence-corrected chi connectivity index (χ1v) is 9.30. The van der Waals surface area contributed by atoms with Gasteiger partial charge in [0.25, 0.3) is 0 Å². The summed E-state index contributed by atoms with van der Waals surface area (Å²) < 4.78 is 0. The molecule has 1 heterocycles. The number of aliphatic imine (C=N–C) groups is 1. The zero-order valence-electron chi connectivity index (χ0n) is 13.2. The molecule has 0 aliphatic rings. The van der Waals surface area contributed by atoms with Crippen LogP contribution in [0.1, 0.15) is 16.3 Å². The Morgan fingerprint density at radius 3 is 2.64 bits per heavy atom. The van der Waals surface area contributed by atoms with Gasteiger partial charge in [-0.2, -0.15) is 0 Å². The Labute approximate surface area is 140 Å². The van der Waals surface area contributed by atoms with Crippen molar-refractivity contribution in [1.29, 1.82) is 0 Å². The van der Waals surface area contributed by atoms with E-state index in [1.54, 1.807) is 30.1 Å². The molecule has 0 aliphatic carbocycles. The van der Waals surface area contributed by atoms with Gasteiger partial charge in [0.2, 0.25) is 0 Å². The standard InChI is InChI=1S/C16H22N4S2/c1-12-20-14(11-22-12)8-9-18-16(17-2)19-10-13-4-6-15(21-3)7-5-13/h4-7,11H,8-10H2,1-3H3,(H2,17,18,19). The van der Waals surface area contributed by atoms with Crippen molar-refractivity contribution in [1.82, 2.24) is 15.6 Å². The average Bonchev–Trinajstić information content (AvgIpc) is 2.96. The van der Waals surface area contributed by atoms with E-state index in [0.717, 1.165) is 36.2 Å². The number of nitrogens with zero attached hydrogens (tertiary/aromatic N) is 2. The molecule has 0 radical (unpaired) electrons. The Kier molecular flexibility index (Phi) is 6.74. The van der Waals surface area contributed by atoms with Crippen LogP contribution in [0, 0.1) is 6.92 Å². The molecule has 2 N–H and O–H groups in total. The van der Waals surface area contributed by atoms with E-state index >= 15 is 0 Å². The Morgan fingerprint density at radius 2 is 2.05 bits per heavy atom. The minimum absolute atomic E-state index is 0.768. The Balaban J connectivity index is 1.74. The second kappa shape index (κ2) is 8.80. The first-order chi connectivity index (χ1) is 10.7. The zero-order chi connectivity index (χ0) is 15.8. The van der Waals surface area contributed by atoms with Crippen LogP contribution in [0.25, 0.3) is 0 Å². The number of hydrogen-bond acceptors (Lipinski definition) is 4. The van der Waals surface area contributed by atoms with Crippen LogP contribution in [-0.2, 0) is 13.0 Å². The third kappa shape index (κ3) is 5.35. The van der Waals surface area contributed by atoms with Crippen molar-refractivity contribution in [3.63, 3.8) is 0 Å². The maximum atomic E-state index is 4.46. The second-order valence-corrected chi connectivity index (χ2v) is 6.75. The monoisotopic (exact) mass is 334 g/mol. The van der Waals surface area contributed by atoms with E-state index in [9.17, 15) is 0 Å². The highest BCUT2D eigenvalue weighted by Gasteiger charge is 2.01. The largest absolute Gasteiger partial charge is 0.356 e. The van der Waals surface area contributed by atoms with Gasteiger partial charge >= 0.3 is 0 Å². The quantitative estimate of drug-likeness (QED) is 0.484. The topological polar surface area (TPSA) is 49.3 Å². The summed E-state index contributed by atoms with van der Waals surface area (Å²) in [6.07, 6.45) is 3.00. The molecule has 0 bridgehead atoms. The van der Waals surface area contributed by atoms with E-state index < -0.39 is 0 Å². The number of hydrogen-bond donors (Lipinski definition) is 2. The molecule has 1 aromatic carbocycles. The molecule has 0 saturated carbocycles. The molecule has 0 amide bonds. The molecule has 0 fully saturated rings. The van der Waals surface area contributed by atoms with Gasteiger partial charge in [-0.15, -0.1) is 23.1 Å². The number of thioether (sulfide) groups is 1. The maximum absolute atomic E-state index is 4.46. The summed E-state index contributed by atoms with van der Waals surface area (Å²) >= 11 is 3.45. The van der Waals surface area contributed by atoms with Crippen LogP contribution in [0.5, 0.6) is 0 Å². The number of nitrogens with one attached hydrogen (secondary N) is 2. The van der Waals surface area contributed by atoms with Gasteiger partial charge in [-0.1, -0.05) is 12.1 Å². The van der Waals surface area contributed by atoms with E-state index in [-0.39, 0.29) is 0 Å². The first kappa shape index (κ1) is 16.8. The third-order valence-electron chi connectivity index (χ3n) is 3.18. The summed E-state index contributed by atoms with van der Waals surface area (Å²) in [6.45, 7) is 3.63. The lowest BCUT2D eigenvalue weighted by molar-refractivity contribution is 0.785. The lowest BCUT2D eigenvalue weighted by Gasteiger charge is -2.11.